The number of hydrogen-bond acceptors (Lipinski definition) is 5. The van der Waals surface area contributed by atoms with E-state index in [1.165, 1.54) is 17.3 Å². The van der Waals surface area contributed by atoms with E-state index in [2.05, 4.69) is 20.7 Å². The molecule has 0 saturated carbocycles. The molecule has 4 N–H and O–H groups in total. The molecule has 2 aromatic rings. The minimum atomic E-state index is -0.615. The van der Waals surface area contributed by atoms with Gasteiger partial charge in [-0.1, -0.05) is 20.8 Å². The van der Waals surface area contributed by atoms with Crippen LogP contribution in [0.15, 0.2) is 36.9 Å². The van der Waals surface area contributed by atoms with Crippen molar-refractivity contribution in [3.63, 3.8) is 0 Å². The van der Waals surface area contributed by atoms with Crippen molar-refractivity contribution in [1.29, 1.82) is 0 Å². The van der Waals surface area contributed by atoms with Gasteiger partial charge in [-0.15, -0.1) is 0 Å². The zero-order valence-corrected chi connectivity index (χ0v) is 14.9. The van der Waals surface area contributed by atoms with Crippen molar-refractivity contribution in [2.45, 2.75) is 39.8 Å². The SMILES string of the molecule is CC(C(=O)Nc1ccc(NC(=O)[C@@H](N)C(C)(C)C)cc1)n1cncn1. The van der Waals surface area contributed by atoms with Crippen LogP contribution in [0.25, 0.3) is 0 Å². The zero-order chi connectivity index (χ0) is 18.6. The Hall–Kier alpha value is -2.74. The van der Waals surface area contributed by atoms with Gasteiger partial charge in [0.1, 0.15) is 18.7 Å². The lowest BCUT2D eigenvalue weighted by Gasteiger charge is -2.25. The molecular weight excluding hydrogens is 320 g/mol. The summed E-state index contributed by atoms with van der Waals surface area (Å²) >= 11 is 0. The number of hydrogen-bond donors (Lipinski definition) is 3. The van der Waals surface area contributed by atoms with Crippen LogP contribution in [0, 0.1) is 5.41 Å². The summed E-state index contributed by atoms with van der Waals surface area (Å²) in [4.78, 5) is 28.1. The minimum Gasteiger partial charge on any atom is -0.325 e. The van der Waals surface area contributed by atoms with Crippen molar-refractivity contribution in [1.82, 2.24) is 14.8 Å². The van der Waals surface area contributed by atoms with E-state index in [0.717, 1.165) is 0 Å². The lowest BCUT2D eigenvalue weighted by atomic mass is 9.87. The molecule has 1 aromatic heterocycles. The van der Waals surface area contributed by atoms with Gasteiger partial charge in [0.05, 0.1) is 6.04 Å². The molecule has 134 valence electrons. The Balaban J connectivity index is 1.96. The maximum Gasteiger partial charge on any atom is 0.249 e. The van der Waals surface area contributed by atoms with E-state index in [1.807, 2.05) is 20.8 Å². The first kappa shape index (κ1) is 18.6. The largest absolute Gasteiger partial charge is 0.325 e. The molecule has 0 bridgehead atoms. The van der Waals surface area contributed by atoms with Gasteiger partial charge in [0.15, 0.2) is 0 Å². The second kappa shape index (κ2) is 7.43. The number of aromatic nitrogens is 3. The molecule has 0 spiro atoms. The standard InChI is InChI=1S/C17H24N6O2/c1-11(23-10-19-9-20-23)15(24)21-12-5-7-13(8-6-12)22-16(25)14(18)17(2,3)4/h5-11,14H,18H2,1-4H3,(H,21,24)(H,22,25)/t11?,14-/m1/s1. The van der Waals surface area contributed by atoms with Crippen molar-refractivity contribution in [2.24, 2.45) is 11.1 Å². The molecule has 2 atom stereocenters. The number of carbonyl (C=O) groups is 2. The fraction of sp³-hybridized carbons (Fsp3) is 0.412. The Bertz CT molecular complexity index is 719. The number of benzene rings is 1. The summed E-state index contributed by atoms with van der Waals surface area (Å²) in [6.07, 6.45) is 2.87. The molecule has 0 aliphatic carbocycles. The van der Waals surface area contributed by atoms with Gasteiger partial charge >= 0.3 is 0 Å². The molecule has 0 aliphatic heterocycles. The number of rotatable bonds is 5. The minimum absolute atomic E-state index is 0.211. The second-order valence-corrected chi connectivity index (χ2v) is 6.95. The third kappa shape index (κ3) is 4.87. The van der Waals surface area contributed by atoms with E-state index >= 15 is 0 Å². The van der Waals surface area contributed by atoms with Crippen LogP contribution >= 0.6 is 0 Å². The van der Waals surface area contributed by atoms with E-state index < -0.39 is 12.1 Å². The van der Waals surface area contributed by atoms with Gasteiger partial charge in [-0.05, 0) is 36.6 Å². The van der Waals surface area contributed by atoms with Crippen LogP contribution in [-0.4, -0.2) is 32.6 Å². The molecule has 1 unspecified atom stereocenters. The van der Waals surface area contributed by atoms with Crippen molar-refractivity contribution in [2.75, 3.05) is 10.6 Å². The third-order valence-electron chi connectivity index (χ3n) is 3.85. The third-order valence-corrected chi connectivity index (χ3v) is 3.85. The van der Waals surface area contributed by atoms with Crippen LogP contribution in [-0.2, 0) is 9.59 Å². The van der Waals surface area contributed by atoms with Gasteiger partial charge in [0, 0.05) is 11.4 Å². The van der Waals surface area contributed by atoms with E-state index in [1.54, 1.807) is 31.2 Å². The number of nitrogens with two attached hydrogens (primary N) is 1. The highest BCUT2D eigenvalue weighted by molar-refractivity contribution is 5.96. The van der Waals surface area contributed by atoms with Crippen LogP contribution < -0.4 is 16.4 Å². The molecular formula is C17H24N6O2. The molecule has 0 saturated heterocycles. The summed E-state index contributed by atoms with van der Waals surface area (Å²) in [6.45, 7) is 7.46. The van der Waals surface area contributed by atoms with Crippen LogP contribution in [0.2, 0.25) is 0 Å². The molecule has 25 heavy (non-hydrogen) atoms. The average Bonchev–Trinajstić information content (AvgIpc) is 3.08. The summed E-state index contributed by atoms with van der Waals surface area (Å²) in [6, 6.07) is 5.75. The van der Waals surface area contributed by atoms with Crippen LogP contribution in [0.1, 0.15) is 33.7 Å². The predicted molar refractivity (Wildman–Crippen MR) is 95.9 cm³/mol. The monoisotopic (exact) mass is 344 g/mol. The fourth-order valence-electron chi connectivity index (χ4n) is 2.03. The van der Waals surface area contributed by atoms with E-state index in [4.69, 9.17) is 5.73 Å². The van der Waals surface area contributed by atoms with Crippen molar-refractivity contribution >= 4 is 23.2 Å². The summed E-state index contributed by atoms with van der Waals surface area (Å²) in [5.41, 5.74) is 6.85. The van der Waals surface area contributed by atoms with E-state index in [-0.39, 0.29) is 17.2 Å². The van der Waals surface area contributed by atoms with E-state index in [9.17, 15) is 9.59 Å². The molecule has 2 amide bonds. The van der Waals surface area contributed by atoms with Crippen molar-refractivity contribution in [3.05, 3.63) is 36.9 Å². The first-order valence-corrected chi connectivity index (χ1v) is 8.00. The Kier molecular flexibility index (Phi) is 5.53. The van der Waals surface area contributed by atoms with Crippen molar-refractivity contribution < 1.29 is 9.59 Å². The van der Waals surface area contributed by atoms with Gasteiger partial charge in [-0.25, -0.2) is 9.67 Å². The first-order valence-electron chi connectivity index (χ1n) is 8.00. The number of nitrogens with zero attached hydrogens (tertiary/aromatic N) is 3. The highest BCUT2D eigenvalue weighted by atomic mass is 16.2. The first-order chi connectivity index (χ1) is 11.7. The topological polar surface area (TPSA) is 115 Å². The maximum absolute atomic E-state index is 12.2. The van der Waals surface area contributed by atoms with E-state index in [0.29, 0.717) is 11.4 Å². The number of nitrogens with one attached hydrogen (secondary N) is 2. The summed E-state index contributed by atoms with van der Waals surface area (Å²) in [5, 5.41) is 9.51. The Labute approximate surface area is 146 Å². The Morgan fingerprint density at radius 2 is 1.60 bits per heavy atom. The Morgan fingerprint density at radius 1 is 1.08 bits per heavy atom. The average molecular weight is 344 g/mol. The normalized spacial score (nSPS) is 13.8. The quantitative estimate of drug-likeness (QED) is 0.765. The number of anilines is 2. The number of carbonyl (C=O) groups excluding carboxylic acids is 2. The molecule has 0 aliphatic rings. The fourth-order valence-corrected chi connectivity index (χ4v) is 2.03. The highest BCUT2D eigenvalue weighted by Crippen LogP contribution is 2.20. The molecule has 0 fully saturated rings. The lowest BCUT2D eigenvalue weighted by molar-refractivity contribution is -0.120. The van der Waals surface area contributed by atoms with Crippen LogP contribution in [0.5, 0.6) is 0 Å². The molecule has 2 rings (SSSR count). The zero-order valence-electron chi connectivity index (χ0n) is 14.9. The van der Waals surface area contributed by atoms with Gasteiger partial charge in [-0.2, -0.15) is 5.10 Å². The number of amides is 2. The molecule has 1 heterocycles. The summed E-state index contributed by atoms with van der Waals surface area (Å²) < 4.78 is 1.47. The van der Waals surface area contributed by atoms with Crippen LogP contribution in [0.3, 0.4) is 0 Å². The van der Waals surface area contributed by atoms with Crippen LogP contribution in [0.4, 0.5) is 11.4 Å². The predicted octanol–water partition coefficient (Wildman–Crippen LogP) is 1.79. The molecule has 8 nitrogen and oxygen atoms in total. The highest BCUT2D eigenvalue weighted by Gasteiger charge is 2.27. The van der Waals surface area contributed by atoms with Crippen molar-refractivity contribution in [3.8, 4) is 0 Å². The van der Waals surface area contributed by atoms with Gasteiger partial charge in [0.2, 0.25) is 11.8 Å². The van der Waals surface area contributed by atoms with Gasteiger partial charge in [0.25, 0.3) is 0 Å². The molecule has 1 aromatic carbocycles. The van der Waals surface area contributed by atoms with Gasteiger partial charge < -0.3 is 16.4 Å². The Morgan fingerprint density at radius 3 is 2.04 bits per heavy atom. The molecule has 8 heteroatoms. The summed E-state index contributed by atoms with van der Waals surface area (Å²) in [7, 11) is 0. The second-order valence-electron chi connectivity index (χ2n) is 6.95. The van der Waals surface area contributed by atoms with Gasteiger partial charge in [-0.3, -0.25) is 9.59 Å². The smallest absolute Gasteiger partial charge is 0.249 e. The summed E-state index contributed by atoms with van der Waals surface area (Å²) in [5.74, 6) is -0.457. The molecule has 0 radical (unpaired) electrons. The maximum atomic E-state index is 12.2. The lowest BCUT2D eigenvalue weighted by Crippen LogP contribution is -2.45.